The topological polar surface area (TPSA) is 0 Å². The summed E-state index contributed by atoms with van der Waals surface area (Å²) >= 11 is 0. The highest BCUT2D eigenvalue weighted by Crippen LogP contribution is 2.20. The van der Waals surface area contributed by atoms with Gasteiger partial charge in [-0.15, -0.1) is 0 Å². The van der Waals surface area contributed by atoms with E-state index in [1.165, 1.54) is 38.1 Å². The SMILES string of the molecule is Cc1c(F)cc(Cc2cc(F)c(C)c(F)c2)cc1F. The van der Waals surface area contributed by atoms with Crippen molar-refractivity contribution in [3.63, 3.8) is 0 Å². The van der Waals surface area contributed by atoms with Crippen LogP contribution in [-0.2, 0) is 6.42 Å². The van der Waals surface area contributed by atoms with E-state index in [4.69, 9.17) is 0 Å². The summed E-state index contributed by atoms with van der Waals surface area (Å²) in [6.45, 7) is 2.67. The van der Waals surface area contributed by atoms with Crippen molar-refractivity contribution in [1.82, 2.24) is 0 Å². The zero-order valence-electron chi connectivity index (χ0n) is 10.5. The highest BCUT2D eigenvalue weighted by atomic mass is 19.1. The molecule has 2 aromatic rings. The van der Waals surface area contributed by atoms with Gasteiger partial charge in [0.2, 0.25) is 0 Å². The average Bonchev–Trinajstić information content (AvgIpc) is 2.33. The number of hydrogen-bond donors (Lipinski definition) is 0. The van der Waals surface area contributed by atoms with Crippen molar-refractivity contribution in [2.45, 2.75) is 20.3 Å². The third-order valence-electron chi connectivity index (χ3n) is 3.09. The molecule has 0 aromatic heterocycles. The van der Waals surface area contributed by atoms with Crippen LogP contribution in [0.25, 0.3) is 0 Å². The molecular formula is C15H12F4. The Morgan fingerprint density at radius 2 is 0.895 bits per heavy atom. The average molecular weight is 268 g/mol. The summed E-state index contributed by atoms with van der Waals surface area (Å²) < 4.78 is 53.5. The minimum Gasteiger partial charge on any atom is -0.207 e. The first-order valence-electron chi connectivity index (χ1n) is 5.77. The Kier molecular flexibility index (Phi) is 3.60. The molecule has 0 bridgehead atoms. The summed E-state index contributed by atoms with van der Waals surface area (Å²) in [5.74, 6) is -2.66. The fourth-order valence-electron chi connectivity index (χ4n) is 1.84. The Hall–Kier alpha value is -1.84. The predicted octanol–water partition coefficient (Wildman–Crippen LogP) is 4.45. The first-order valence-corrected chi connectivity index (χ1v) is 5.77. The Labute approximate surface area is 108 Å². The summed E-state index contributed by atoms with van der Waals surface area (Å²) in [6.07, 6.45) is 0.0717. The van der Waals surface area contributed by atoms with Crippen molar-refractivity contribution < 1.29 is 17.6 Å². The second-order valence-electron chi connectivity index (χ2n) is 4.55. The van der Waals surface area contributed by atoms with Crippen LogP contribution in [0.4, 0.5) is 17.6 Å². The van der Waals surface area contributed by atoms with Crippen LogP contribution < -0.4 is 0 Å². The van der Waals surface area contributed by atoms with E-state index in [9.17, 15) is 17.6 Å². The van der Waals surface area contributed by atoms with Crippen LogP contribution >= 0.6 is 0 Å². The second kappa shape index (κ2) is 5.03. The molecule has 0 saturated heterocycles. The maximum atomic E-state index is 13.4. The van der Waals surface area contributed by atoms with E-state index < -0.39 is 23.3 Å². The molecule has 0 amide bonds. The second-order valence-corrected chi connectivity index (χ2v) is 4.55. The van der Waals surface area contributed by atoms with Crippen molar-refractivity contribution in [3.05, 3.63) is 69.8 Å². The lowest BCUT2D eigenvalue weighted by Gasteiger charge is -2.07. The highest BCUT2D eigenvalue weighted by Gasteiger charge is 2.10. The number of hydrogen-bond acceptors (Lipinski definition) is 0. The number of benzene rings is 2. The van der Waals surface area contributed by atoms with Gasteiger partial charge in [0.1, 0.15) is 23.3 Å². The van der Waals surface area contributed by atoms with Gasteiger partial charge in [-0.05, 0) is 55.7 Å². The van der Waals surface area contributed by atoms with Gasteiger partial charge in [-0.3, -0.25) is 0 Å². The van der Waals surface area contributed by atoms with E-state index in [1.807, 2.05) is 0 Å². The Balaban J connectivity index is 2.36. The lowest BCUT2D eigenvalue weighted by Crippen LogP contribution is -1.98. The molecule has 0 atom stereocenters. The van der Waals surface area contributed by atoms with Gasteiger partial charge >= 0.3 is 0 Å². The monoisotopic (exact) mass is 268 g/mol. The minimum absolute atomic E-state index is 0.0648. The molecule has 0 aliphatic rings. The molecule has 100 valence electrons. The Bertz CT molecular complexity index is 531. The third kappa shape index (κ3) is 2.78. The molecule has 0 fully saturated rings. The molecule has 0 nitrogen and oxygen atoms in total. The van der Waals surface area contributed by atoms with Gasteiger partial charge < -0.3 is 0 Å². The lowest BCUT2D eigenvalue weighted by molar-refractivity contribution is 0.562. The van der Waals surface area contributed by atoms with Gasteiger partial charge in [-0.2, -0.15) is 0 Å². The van der Waals surface area contributed by atoms with Crippen molar-refractivity contribution in [1.29, 1.82) is 0 Å². The van der Waals surface area contributed by atoms with Crippen molar-refractivity contribution in [3.8, 4) is 0 Å². The first-order chi connectivity index (χ1) is 8.88. The van der Waals surface area contributed by atoms with E-state index in [-0.39, 0.29) is 17.5 Å². The quantitative estimate of drug-likeness (QED) is 0.706. The van der Waals surface area contributed by atoms with Gasteiger partial charge in [0.25, 0.3) is 0 Å². The van der Waals surface area contributed by atoms with Gasteiger partial charge in [0, 0.05) is 11.1 Å². The van der Waals surface area contributed by atoms with Crippen LogP contribution in [-0.4, -0.2) is 0 Å². The maximum Gasteiger partial charge on any atom is 0.129 e. The molecule has 19 heavy (non-hydrogen) atoms. The molecule has 0 aliphatic heterocycles. The summed E-state index contributed by atoms with van der Waals surface area (Å²) in [4.78, 5) is 0. The van der Waals surface area contributed by atoms with Crippen LogP contribution in [0.3, 0.4) is 0 Å². The standard InChI is InChI=1S/C15H12F4/c1-8-12(16)4-10(5-13(8)17)3-11-6-14(18)9(2)15(19)7-11/h4-7H,3H2,1-2H3. The third-order valence-corrected chi connectivity index (χ3v) is 3.09. The van der Waals surface area contributed by atoms with Crippen LogP contribution in [0.2, 0.25) is 0 Å². The summed E-state index contributed by atoms with van der Waals surface area (Å²) in [7, 11) is 0. The number of halogens is 4. The molecule has 0 saturated carbocycles. The first kappa shape index (κ1) is 13.6. The molecule has 0 radical (unpaired) electrons. The summed E-state index contributed by atoms with van der Waals surface area (Å²) in [6, 6.07) is 4.70. The van der Waals surface area contributed by atoms with E-state index in [0.29, 0.717) is 11.1 Å². The van der Waals surface area contributed by atoms with Gasteiger partial charge in [0.15, 0.2) is 0 Å². The molecule has 0 heterocycles. The Morgan fingerprint density at radius 3 is 1.16 bits per heavy atom. The van der Waals surface area contributed by atoms with Crippen molar-refractivity contribution in [2.75, 3.05) is 0 Å². The Morgan fingerprint density at radius 1 is 0.632 bits per heavy atom. The normalized spacial score (nSPS) is 10.8. The molecule has 4 heteroatoms. The fourth-order valence-corrected chi connectivity index (χ4v) is 1.84. The predicted molar refractivity (Wildman–Crippen MR) is 65.0 cm³/mol. The zero-order valence-corrected chi connectivity index (χ0v) is 10.5. The van der Waals surface area contributed by atoms with E-state index in [1.54, 1.807) is 0 Å². The zero-order chi connectivity index (χ0) is 14.2. The van der Waals surface area contributed by atoms with Crippen molar-refractivity contribution in [2.24, 2.45) is 0 Å². The van der Waals surface area contributed by atoms with E-state index in [0.717, 1.165) is 0 Å². The molecule has 2 aromatic carbocycles. The van der Waals surface area contributed by atoms with Crippen LogP contribution in [0.5, 0.6) is 0 Å². The van der Waals surface area contributed by atoms with Crippen LogP contribution in [0.15, 0.2) is 24.3 Å². The molecule has 0 spiro atoms. The largest absolute Gasteiger partial charge is 0.207 e. The van der Waals surface area contributed by atoms with Gasteiger partial charge in [-0.1, -0.05) is 0 Å². The fraction of sp³-hybridized carbons (Fsp3) is 0.200. The molecule has 0 unspecified atom stereocenters. The lowest BCUT2D eigenvalue weighted by atomic mass is 10.0. The van der Waals surface area contributed by atoms with E-state index in [2.05, 4.69) is 0 Å². The highest BCUT2D eigenvalue weighted by molar-refractivity contribution is 5.32. The van der Waals surface area contributed by atoms with Crippen LogP contribution in [0.1, 0.15) is 22.3 Å². The maximum absolute atomic E-state index is 13.4. The molecule has 0 aliphatic carbocycles. The van der Waals surface area contributed by atoms with Gasteiger partial charge in [-0.25, -0.2) is 17.6 Å². The van der Waals surface area contributed by atoms with Crippen molar-refractivity contribution >= 4 is 0 Å². The molecule has 0 N–H and O–H groups in total. The summed E-state index contributed by atoms with van der Waals surface area (Å²) in [5.41, 5.74) is 0.543. The smallest absolute Gasteiger partial charge is 0.129 e. The summed E-state index contributed by atoms with van der Waals surface area (Å²) in [5, 5.41) is 0. The minimum atomic E-state index is -0.664. The number of rotatable bonds is 2. The van der Waals surface area contributed by atoms with E-state index >= 15 is 0 Å². The van der Waals surface area contributed by atoms with Crippen LogP contribution in [0, 0.1) is 37.1 Å². The molecular weight excluding hydrogens is 256 g/mol. The van der Waals surface area contributed by atoms with Gasteiger partial charge in [0.05, 0.1) is 0 Å². The molecule has 2 rings (SSSR count).